The molecule has 1 saturated heterocycles. The fourth-order valence-corrected chi connectivity index (χ4v) is 4.05. The van der Waals surface area contributed by atoms with E-state index in [2.05, 4.69) is 38.1 Å². The van der Waals surface area contributed by atoms with E-state index >= 15 is 0 Å². The number of carbonyl (C=O) groups excluding carboxylic acids is 1. The predicted octanol–water partition coefficient (Wildman–Crippen LogP) is 5.64. The maximum absolute atomic E-state index is 12.6. The van der Waals surface area contributed by atoms with Crippen molar-refractivity contribution in [3.05, 3.63) is 52.1 Å². The lowest BCUT2D eigenvalue weighted by Gasteiger charge is -2.35. The third-order valence-corrected chi connectivity index (χ3v) is 5.85. The zero-order valence-electron chi connectivity index (χ0n) is 14.4. The lowest BCUT2D eigenvalue weighted by Crippen LogP contribution is -2.37. The maximum atomic E-state index is 12.6. The lowest BCUT2D eigenvalue weighted by atomic mass is 9.94. The van der Waals surface area contributed by atoms with Gasteiger partial charge >= 0.3 is 0 Å². The Bertz CT molecular complexity index is 792. The number of anilines is 2. The summed E-state index contributed by atoms with van der Waals surface area (Å²) in [6, 6.07) is 8.59. The van der Waals surface area contributed by atoms with Gasteiger partial charge in [-0.3, -0.25) is 4.79 Å². The average Bonchev–Trinajstić information content (AvgIpc) is 2.62. The van der Waals surface area contributed by atoms with E-state index in [1.54, 1.807) is 36.5 Å². The second kappa shape index (κ2) is 8.59. The van der Waals surface area contributed by atoms with E-state index < -0.39 is 0 Å². The molecule has 1 aromatic heterocycles. The molecule has 1 unspecified atom stereocenters. The zero-order valence-corrected chi connectivity index (χ0v) is 17.5. The molecule has 0 aliphatic carbocycles. The molecule has 0 bridgehead atoms. The first-order valence-corrected chi connectivity index (χ1v) is 10.2. The number of halogens is 3. The van der Waals surface area contributed by atoms with Crippen LogP contribution in [0.15, 0.2) is 36.5 Å². The monoisotopic (exact) mass is 455 g/mol. The first kappa shape index (κ1) is 19.5. The highest BCUT2D eigenvalue weighted by Crippen LogP contribution is 2.32. The van der Waals surface area contributed by atoms with Gasteiger partial charge < -0.3 is 10.2 Å². The SMILES string of the molecule is CC(Br)C1CCN(c2ncc(Cl)cc2NC(=O)c2cccc(Cl)c2)CC1. The molecule has 3 rings (SSSR count). The van der Waals surface area contributed by atoms with Crippen molar-refractivity contribution in [1.29, 1.82) is 0 Å². The summed E-state index contributed by atoms with van der Waals surface area (Å²) >= 11 is 15.8. The third-order valence-electron chi connectivity index (χ3n) is 4.66. The third kappa shape index (κ3) is 4.70. The Balaban J connectivity index is 1.79. The number of amides is 1. The number of pyridine rings is 1. The van der Waals surface area contributed by atoms with Crippen LogP contribution in [0.1, 0.15) is 30.1 Å². The fourth-order valence-electron chi connectivity index (χ4n) is 3.17. The topological polar surface area (TPSA) is 45.2 Å². The summed E-state index contributed by atoms with van der Waals surface area (Å²) in [6.45, 7) is 3.99. The van der Waals surface area contributed by atoms with Crippen molar-refractivity contribution in [2.75, 3.05) is 23.3 Å². The summed E-state index contributed by atoms with van der Waals surface area (Å²) < 4.78 is 0. The van der Waals surface area contributed by atoms with Gasteiger partial charge in [0.15, 0.2) is 5.82 Å². The molecule has 1 N–H and O–H groups in total. The second-order valence-electron chi connectivity index (χ2n) is 6.49. The molecule has 1 amide bonds. The molecule has 7 heteroatoms. The molecule has 4 nitrogen and oxygen atoms in total. The summed E-state index contributed by atoms with van der Waals surface area (Å²) in [5.74, 6) is 1.18. The number of piperidine rings is 1. The van der Waals surface area contributed by atoms with Crippen LogP contribution in [0, 0.1) is 5.92 Å². The smallest absolute Gasteiger partial charge is 0.255 e. The van der Waals surface area contributed by atoms with Gasteiger partial charge in [-0.15, -0.1) is 0 Å². The Morgan fingerprint density at radius 1 is 1.27 bits per heavy atom. The highest BCUT2D eigenvalue weighted by atomic mass is 79.9. The van der Waals surface area contributed by atoms with Crippen molar-refractivity contribution in [3.63, 3.8) is 0 Å². The number of hydrogen-bond acceptors (Lipinski definition) is 3. The minimum absolute atomic E-state index is 0.234. The molecule has 0 saturated carbocycles. The maximum Gasteiger partial charge on any atom is 0.255 e. The fraction of sp³-hybridized carbons (Fsp3) is 0.368. The molecule has 1 aliphatic rings. The molecular weight excluding hydrogens is 437 g/mol. The average molecular weight is 457 g/mol. The first-order valence-electron chi connectivity index (χ1n) is 8.55. The Morgan fingerprint density at radius 3 is 2.65 bits per heavy atom. The van der Waals surface area contributed by atoms with E-state index in [0.29, 0.717) is 32.0 Å². The van der Waals surface area contributed by atoms with Crippen molar-refractivity contribution in [1.82, 2.24) is 4.98 Å². The number of nitrogens with one attached hydrogen (secondary N) is 1. The molecule has 1 atom stereocenters. The van der Waals surface area contributed by atoms with Gasteiger partial charge in [0, 0.05) is 34.7 Å². The summed E-state index contributed by atoms with van der Waals surface area (Å²) in [5, 5.41) is 3.94. The normalized spacial score (nSPS) is 16.4. The number of nitrogens with zero attached hydrogens (tertiary/aromatic N) is 2. The number of carbonyl (C=O) groups is 1. The molecule has 1 aromatic carbocycles. The van der Waals surface area contributed by atoms with Crippen molar-refractivity contribution in [3.8, 4) is 0 Å². The van der Waals surface area contributed by atoms with Crippen LogP contribution in [0.5, 0.6) is 0 Å². The molecule has 1 aliphatic heterocycles. The number of benzene rings is 1. The van der Waals surface area contributed by atoms with Crippen LogP contribution in [-0.2, 0) is 0 Å². The molecule has 0 radical (unpaired) electrons. The van der Waals surface area contributed by atoms with Crippen molar-refractivity contribution in [2.45, 2.75) is 24.6 Å². The van der Waals surface area contributed by atoms with Gasteiger partial charge in [-0.2, -0.15) is 0 Å². The molecule has 0 spiro atoms. The van der Waals surface area contributed by atoms with E-state index in [1.165, 1.54) is 0 Å². The van der Waals surface area contributed by atoms with Crippen LogP contribution >= 0.6 is 39.1 Å². The van der Waals surface area contributed by atoms with Crippen LogP contribution in [0.3, 0.4) is 0 Å². The number of aromatic nitrogens is 1. The van der Waals surface area contributed by atoms with Gasteiger partial charge in [-0.05, 0) is 43.0 Å². The lowest BCUT2D eigenvalue weighted by molar-refractivity contribution is 0.102. The molecule has 2 aromatic rings. The Labute approximate surface area is 172 Å². The zero-order chi connectivity index (χ0) is 18.7. The van der Waals surface area contributed by atoms with Gasteiger partial charge in [-0.1, -0.05) is 52.1 Å². The molecule has 2 heterocycles. The van der Waals surface area contributed by atoms with Gasteiger partial charge in [0.1, 0.15) is 0 Å². The minimum Gasteiger partial charge on any atom is -0.355 e. The molecule has 26 heavy (non-hydrogen) atoms. The van der Waals surface area contributed by atoms with Gasteiger partial charge in [0.25, 0.3) is 5.91 Å². The second-order valence-corrected chi connectivity index (χ2v) is 8.81. The summed E-state index contributed by atoms with van der Waals surface area (Å²) in [6.07, 6.45) is 3.78. The van der Waals surface area contributed by atoms with Crippen molar-refractivity contribution in [2.24, 2.45) is 5.92 Å². The van der Waals surface area contributed by atoms with Crippen molar-refractivity contribution >= 4 is 56.5 Å². The van der Waals surface area contributed by atoms with Crippen LogP contribution in [0.2, 0.25) is 10.0 Å². The molecule has 138 valence electrons. The van der Waals surface area contributed by atoms with Crippen LogP contribution in [0.25, 0.3) is 0 Å². The standard InChI is InChI=1S/C19H20BrCl2N3O/c1-12(20)13-5-7-25(8-6-13)18-17(10-16(22)11-23-18)24-19(26)14-3-2-4-15(21)9-14/h2-4,9-13H,5-8H2,1H3,(H,24,26). The van der Waals surface area contributed by atoms with E-state index in [1.807, 2.05) is 0 Å². The first-order chi connectivity index (χ1) is 12.4. The Hall–Kier alpha value is -1.30. The summed E-state index contributed by atoms with van der Waals surface area (Å²) in [7, 11) is 0. The number of alkyl halides is 1. The van der Waals surface area contributed by atoms with Gasteiger partial charge in [-0.25, -0.2) is 4.98 Å². The molecular formula is C19H20BrCl2N3O. The van der Waals surface area contributed by atoms with Gasteiger partial charge in [0.2, 0.25) is 0 Å². The quantitative estimate of drug-likeness (QED) is 0.605. The Morgan fingerprint density at radius 2 is 2.00 bits per heavy atom. The van der Waals surface area contributed by atoms with E-state index in [-0.39, 0.29) is 5.91 Å². The number of hydrogen-bond donors (Lipinski definition) is 1. The largest absolute Gasteiger partial charge is 0.355 e. The van der Waals surface area contributed by atoms with E-state index in [0.717, 1.165) is 31.7 Å². The van der Waals surface area contributed by atoms with Gasteiger partial charge in [0.05, 0.1) is 10.7 Å². The van der Waals surface area contributed by atoms with Crippen LogP contribution in [0.4, 0.5) is 11.5 Å². The summed E-state index contributed by atoms with van der Waals surface area (Å²) in [4.78, 5) is 19.8. The predicted molar refractivity (Wildman–Crippen MR) is 112 cm³/mol. The van der Waals surface area contributed by atoms with Crippen LogP contribution in [-0.4, -0.2) is 28.8 Å². The Kier molecular flexibility index (Phi) is 6.43. The highest BCUT2D eigenvalue weighted by Gasteiger charge is 2.25. The van der Waals surface area contributed by atoms with E-state index in [9.17, 15) is 4.79 Å². The van der Waals surface area contributed by atoms with Crippen molar-refractivity contribution < 1.29 is 4.79 Å². The number of rotatable bonds is 4. The van der Waals surface area contributed by atoms with E-state index in [4.69, 9.17) is 23.2 Å². The highest BCUT2D eigenvalue weighted by molar-refractivity contribution is 9.09. The molecule has 1 fully saturated rings. The summed E-state index contributed by atoms with van der Waals surface area (Å²) in [5.41, 5.74) is 1.11. The van der Waals surface area contributed by atoms with Crippen LogP contribution < -0.4 is 10.2 Å². The minimum atomic E-state index is -0.234.